The van der Waals surface area contributed by atoms with Crippen LogP contribution in [-0.4, -0.2) is 37.2 Å². The summed E-state index contributed by atoms with van der Waals surface area (Å²) in [5.41, 5.74) is -0.102. The third-order valence-corrected chi connectivity index (χ3v) is 2.69. The molecule has 0 amide bonds. The molecule has 2 aliphatic heterocycles. The van der Waals surface area contributed by atoms with Gasteiger partial charge in [0.25, 0.3) is 0 Å². The maximum atomic E-state index is 8.88. The van der Waals surface area contributed by atoms with Gasteiger partial charge in [-0.15, -0.1) is 0 Å². The Balaban J connectivity index is 1.85. The van der Waals surface area contributed by atoms with Crippen LogP contribution in [0, 0.1) is 16.7 Å². The van der Waals surface area contributed by atoms with E-state index in [4.69, 9.17) is 10.00 Å². The van der Waals surface area contributed by atoms with Crippen LogP contribution in [0.5, 0.6) is 0 Å². The summed E-state index contributed by atoms with van der Waals surface area (Å²) in [4.78, 5) is 2.33. The van der Waals surface area contributed by atoms with Gasteiger partial charge in [-0.25, -0.2) is 0 Å². The highest BCUT2D eigenvalue weighted by Crippen LogP contribution is 2.29. The Morgan fingerprint density at radius 1 is 1.75 bits per heavy atom. The number of rotatable bonds is 2. The predicted molar refractivity (Wildman–Crippen MR) is 44.5 cm³/mol. The average molecular weight is 166 g/mol. The van der Waals surface area contributed by atoms with Crippen molar-refractivity contribution in [2.24, 2.45) is 5.41 Å². The molecule has 2 fully saturated rings. The van der Waals surface area contributed by atoms with Gasteiger partial charge in [0, 0.05) is 13.1 Å². The lowest BCUT2D eigenvalue weighted by Crippen LogP contribution is -2.27. The van der Waals surface area contributed by atoms with Crippen molar-refractivity contribution >= 4 is 0 Å². The van der Waals surface area contributed by atoms with Crippen LogP contribution in [0.1, 0.15) is 13.3 Å². The monoisotopic (exact) mass is 166 g/mol. The van der Waals surface area contributed by atoms with Crippen molar-refractivity contribution in [1.82, 2.24) is 4.90 Å². The Morgan fingerprint density at radius 2 is 2.50 bits per heavy atom. The molecule has 12 heavy (non-hydrogen) atoms. The molecule has 2 atom stereocenters. The summed E-state index contributed by atoms with van der Waals surface area (Å²) in [6.45, 7) is 5.96. The van der Waals surface area contributed by atoms with Gasteiger partial charge in [-0.1, -0.05) is 0 Å². The Labute approximate surface area is 72.9 Å². The summed E-state index contributed by atoms with van der Waals surface area (Å²) < 4.78 is 5.15. The molecular formula is C9H14N2O. The molecule has 66 valence electrons. The Morgan fingerprint density at radius 3 is 3.00 bits per heavy atom. The molecule has 2 aliphatic rings. The summed E-state index contributed by atoms with van der Waals surface area (Å²) >= 11 is 0. The van der Waals surface area contributed by atoms with Gasteiger partial charge in [0.15, 0.2) is 0 Å². The zero-order valence-corrected chi connectivity index (χ0v) is 7.42. The van der Waals surface area contributed by atoms with Crippen molar-refractivity contribution in [3.8, 4) is 6.07 Å². The first-order valence-electron chi connectivity index (χ1n) is 4.47. The van der Waals surface area contributed by atoms with Crippen molar-refractivity contribution in [1.29, 1.82) is 5.26 Å². The number of likely N-dealkylation sites (tertiary alicyclic amines) is 1. The summed E-state index contributed by atoms with van der Waals surface area (Å²) in [7, 11) is 0. The minimum Gasteiger partial charge on any atom is -0.372 e. The molecule has 0 aromatic heterocycles. The van der Waals surface area contributed by atoms with E-state index in [0.717, 1.165) is 32.7 Å². The molecule has 0 bridgehead atoms. The van der Waals surface area contributed by atoms with Crippen LogP contribution in [0.15, 0.2) is 0 Å². The van der Waals surface area contributed by atoms with E-state index in [0.29, 0.717) is 6.10 Å². The predicted octanol–water partition coefficient (Wildman–Crippen LogP) is 0.621. The molecule has 0 aromatic rings. The maximum absolute atomic E-state index is 8.88. The molecule has 0 aliphatic carbocycles. The average Bonchev–Trinajstić information content (AvgIpc) is 2.77. The number of nitriles is 1. The third kappa shape index (κ3) is 1.60. The summed E-state index contributed by atoms with van der Waals surface area (Å²) in [5, 5.41) is 8.88. The van der Waals surface area contributed by atoms with E-state index in [9.17, 15) is 0 Å². The summed E-state index contributed by atoms with van der Waals surface area (Å²) in [6, 6.07) is 2.38. The Kier molecular flexibility index (Phi) is 1.82. The first-order chi connectivity index (χ1) is 5.72. The Hall–Kier alpha value is -0.590. The van der Waals surface area contributed by atoms with Gasteiger partial charge in [0.1, 0.15) is 0 Å². The van der Waals surface area contributed by atoms with Gasteiger partial charge in [-0.3, -0.25) is 4.90 Å². The van der Waals surface area contributed by atoms with Crippen molar-refractivity contribution < 1.29 is 4.74 Å². The van der Waals surface area contributed by atoms with E-state index < -0.39 is 0 Å². The van der Waals surface area contributed by atoms with Crippen LogP contribution in [-0.2, 0) is 4.74 Å². The molecule has 0 N–H and O–H groups in total. The second kappa shape index (κ2) is 2.72. The van der Waals surface area contributed by atoms with Crippen LogP contribution in [0.2, 0.25) is 0 Å². The minimum absolute atomic E-state index is 0.102. The largest absolute Gasteiger partial charge is 0.372 e. The summed E-state index contributed by atoms with van der Waals surface area (Å²) in [5.74, 6) is 0. The van der Waals surface area contributed by atoms with Gasteiger partial charge >= 0.3 is 0 Å². The molecule has 0 aromatic carbocycles. The number of hydrogen-bond acceptors (Lipinski definition) is 3. The second-order valence-electron chi connectivity index (χ2n) is 4.11. The smallest absolute Gasteiger partial charge is 0.0936 e. The fourth-order valence-electron chi connectivity index (χ4n) is 1.77. The third-order valence-electron chi connectivity index (χ3n) is 2.69. The molecule has 0 radical (unpaired) electrons. The first-order valence-corrected chi connectivity index (χ1v) is 4.47. The fraction of sp³-hybridized carbons (Fsp3) is 0.889. The molecular weight excluding hydrogens is 152 g/mol. The zero-order chi connectivity index (χ0) is 8.60. The Bertz CT molecular complexity index is 219. The number of nitrogens with zero attached hydrogens (tertiary/aromatic N) is 2. The van der Waals surface area contributed by atoms with E-state index in [1.807, 2.05) is 6.92 Å². The molecule has 0 spiro atoms. The quantitative estimate of drug-likeness (QED) is 0.564. The number of epoxide rings is 1. The highest BCUT2D eigenvalue weighted by Gasteiger charge is 2.36. The van der Waals surface area contributed by atoms with E-state index in [1.165, 1.54) is 0 Å². The topological polar surface area (TPSA) is 39.6 Å². The molecule has 0 saturated carbocycles. The molecule has 3 nitrogen and oxygen atoms in total. The first kappa shape index (κ1) is 8.03. The van der Waals surface area contributed by atoms with Crippen molar-refractivity contribution in [3.63, 3.8) is 0 Å². The van der Waals surface area contributed by atoms with Crippen LogP contribution >= 0.6 is 0 Å². The van der Waals surface area contributed by atoms with Crippen molar-refractivity contribution in [3.05, 3.63) is 0 Å². The molecule has 2 rings (SSSR count). The highest BCUT2D eigenvalue weighted by atomic mass is 16.6. The molecule has 3 heteroatoms. The van der Waals surface area contributed by atoms with Crippen molar-refractivity contribution in [2.75, 3.05) is 26.2 Å². The lowest BCUT2D eigenvalue weighted by molar-refractivity contribution is 0.270. The normalized spacial score (nSPS) is 41.2. The van der Waals surface area contributed by atoms with Crippen LogP contribution < -0.4 is 0 Å². The van der Waals surface area contributed by atoms with Crippen molar-refractivity contribution in [2.45, 2.75) is 19.4 Å². The van der Waals surface area contributed by atoms with Gasteiger partial charge in [0.05, 0.1) is 24.2 Å². The molecule has 2 heterocycles. The minimum atomic E-state index is -0.102. The lowest BCUT2D eigenvalue weighted by Gasteiger charge is -2.16. The van der Waals surface area contributed by atoms with E-state index in [-0.39, 0.29) is 5.41 Å². The van der Waals surface area contributed by atoms with Gasteiger partial charge in [-0.05, 0) is 19.9 Å². The molecule has 1 unspecified atom stereocenters. The van der Waals surface area contributed by atoms with Gasteiger partial charge in [-0.2, -0.15) is 5.26 Å². The van der Waals surface area contributed by atoms with Gasteiger partial charge in [0.2, 0.25) is 0 Å². The molecule has 2 saturated heterocycles. The van der Waals surface area contributed by atoms with Crippen LogP contribution in [0.25, 0.3) is 0 Å². The lowest BCUT2D eigenvalue weighted by atomic mass is 9.92. The zero-order valence-electron chi connectivity index (χ0n) is 7.42. The van der Waals surface area contributed by atoms with E-state index in [1.54, 1.807) is 0 Å². The maximum Gasteiger partial charge on any atom is 0.0936 e. The number of ether oxygens (including phenoxy) is 1. The van der Waals surface area contributed by atoms with E-state index >= 15 is 0 Å². The van der Waals surface area contributed by atoms with Crippen LogP contribution in [0.4, 0.5) is 0 Å². The van der Waals surface area contributed by atoms with Crippen LogP contribution in [0.3, 0.4) is 0 Å². The number of hydrogen-bond donors (Lipinski definition) is 0. The second-order valence-corrected chi connectivity index (χ2v) is 4.11. The highest BCUT2D eigenvalue weighted by molar-refractivity contribution is 5.02. The van der Waals surface area contributed by atoms with Gasteiger partial charge < -0.3 is 4.74 Å². The fourth-order valence-corrected chi connectivity index (χ4v) is 1.77. The summed E-state index contributed by atoms with van der Waals surface area (Å²) in [6.07, 6.45) is 1.47. The van der Waals surface area contributed by atoms with E-state index in [2.05, 4.69) is 11.0 Å². The SMILES string of the molecule is CC1(C#N)CCN(C[C@@H]2CO2)C1. The standard InChI is InChI=1S/C9H14N2O/c1-9(6-10)2-3-11(7-9)4-8-5-12-8/h8H,2-5,7H2,1H3/t8-,9?/m1/s1.